The van der Waals surface area contributed by atoms with Crippen molar-refractivity contribution < 1.29 is 23.1 Å². The van der Waals surface area contributed by atoms with Crippen LogP contribution in [0.5, 0.6) is 5.75 Å². The lowest BCUT2D eigenvalue weighted by Crippen LogP contribution is -2.51. The molecule has 4 aromatic carbocycles. The maximum Gasteiger partial charge on any atom is 0.266 e. The Morgan fingerprint density at radius 1 is 0.952 bits per heavy atom. The number of nitrogens with zero attached hydrogens (tertiary/aromatic N) is 1. The molecule has 1 aliphatic rings. The number of rotatable bonds is 8. The summed E-state index contributed by atoms with van der Waals surface area (Å²) in [5.41, 5.74) is 4.10. The van der Waals surface area contributed by atoms with Gasteiger partial charge in [0, 0.05) is 6.42 Å². The molecule has 0 aromatic heterocycles. The van der Waals surface area contributed by atoms with Gasteiger partial charge in [-0.2, -0.15) is 0 Å². The molecule has 1 atom stereocenters. The number of aryl methyl sites for hydroxylation is 1. The SMILES string of the molecule is Cc1ccc(S(=O)(=O)NC(=O)[C@H](Cc2ccccc2)N2C(=O)/C(=C/c3ccc(-c4cccc(O)c4)cc3)SC2=S)cc1. The first kappa shape index (κ1) is 29.2. The number of amides is 2. The molecule has 1 aliphatic heterocycles. The average Bonchev–Trinajstić information content (AvgIpc) is 3.24. The van der Waals surface area contributed by atoms with Gasteiger partial charge in [-0.1, -0.05) is 108 Å². The third kappa shape index (κ3) is 6.62. The molecule has 0 spiro atoms. The number of carbonyl (C=O) groups is 2. The highest BCUT2D eigenvalue weighted by Crippen LogP contribution is 2.35. The fourth-order valence-corrected chi connectivity index (χ4v) is 6.84. The summed E-state index contributed by atoms with van der Waals surface area (Å²) in [5, 5.41) is 9.78. The zero-order chi connectivity index (χ0) is 29.9. The number of hydrogen-bond acceptors (Lipinski definition) is 7. The fraction of sp³-hybridized carbons (Fsp3) is 0.0938. The minimum atomic E-state index is -4.19. The smallest absolute Gasteiger partial charge is 0.266 e. The van der Waals surface area contributed by atoms with E-state index in [2.05, 4.69) is 4.72 Å². The van der Waals surface area contributed by atoms with Crippen LogP contribution < -0.4 is 4.72 Å². The van der Waals surface area contributed by atoms with Crippen LogP contribution in [0.4, 0.5) is 0 Å². The highest BCUT2D eigenvalue weighted by Gasteiger charge is 2.41. The molecule has 212 valence electrons. The van der Waals surface area contributed by atoms with E-state index in [0.29, 0.717) is 4.91 Å². The number of benzene rings is 4. The topological polar surface area (TPSA) is 104 Å². The van der Waals surface area contributed by atoms with Crippen LogP contribution in [0.25, 0.3) is 17.2 Å². The molecule has 2 amide bonds. The molecule has 0 radical (unpaired) electrons. The number of hydrogen-bond donors (Lipinski definition) is 2. The predicted octanol–water partition coefficient (Wildman–Crippen LogP) is 5.69. The molecule has 10 heteroatoms. The van der Waals surface area contributed by atoms with E-state index < -0.39 is 27.9 Å². The lowest BCUT2D eigenvalue weighted by molar-refractivity contribution is -0.131. The quantitative estimate of drug-likeness (QED) is 0.194. The van der Waals surface area contributed by atoms with Crippen molar-refractivity contribution in [1.29, 1.82) is 0 Å². The van der Waals surface area contributed by atoms with Crippen LogP contribution in [0.1, 0.15) is 16.7 Å². The fourth-order valence-electron chi connectivity index (χ4n) is 4.47. The molecule has 2 N–H and O–H groups in total. The van der Waals surface area contributed by atoms with Crippen molar-refractivity contribution in [3.63, 3.8) is 0 Å². The lowest BCUT2D eigenvalue weighted by Gasteiger charge is -2.26. The molecule has 1 heterocycles. The van der Waals surface area contributed by atoms with E-state index in [1.807, 2.05) is 43.3 Å². The zero-order valence-electron chi connectivity index (χ0n) is 22.4. The molecule has 0 unspecified atom stereocenters. The van der Waals surface area contributed by atoms with Gasteiger partial charge in [0.05, 0.1) is 9.80 Å². The molecular weight excluding hydrogens is 589 g/mol. The van der Waals surface area contributed by atoms with Gasteiger partial charge in [0.15, 0.2) is 0 Å². The maximum absolute atomic E-state index is 13.6. The van der Waals surface area contributed by atoms with E-state index in [9.17, 15) is 23.1 Å². The van der Waals surface area contributed by atoms with Crippen molar-refractivity contribution >= 4 is 56.2 Å². The number of sulfonamides is 1. The number of phenolic OH excluding ortho intramolecular Hbond substituents is 1. The molecule has 0 bridgehead atoms. The Hall–Kier alpha value is -4.25. The predicted molar refractivity (Wildman–Crippen MR) is 169 cm³/mol. The van der Waals surface area contributed by atoms with Crippen molar-refractivity contribution in [3.8, 4) is 16.9 Å². The summed E-state index contributed by atoms with van der Waals surface area (Å²) in [6.07, 6.45) is 1.75. The Morgan fingerprint density at radius 2 is 1.64 bits per heavy atom. The second kappa shape index (κ2) is 12.3. The van der Waals surface area contributed by atoms with Gasteiger partial charge in [-0.3, -0.25) is 14.5 Å². The molecule has 0 aliphatic carbocycles. The molecule has 42 heavy (non-hydrogen) atoms. The minimum Gasteiger partial charge on any atom is -0.508 e. The number of nitrogens with one attached hydrogen (secondary N) is 1. The van der Waals surface area contributed by atoms with E-state index in [1.165, 1.54) is 17.0 Å². The summed E-state index contributed by atoms with van der Waals surface area (Å²) in [6, 6.07) is 28.3. The third-order valence-electron chi connectivity index (χ3n) is 6.66. The summed E-state index contributed by atoms with van der Waals surface area (Å²) in [4.78, 5) is 28.7. The van der Waals surface area contributed by atoms with E-state index in [0.717, 1.165) is 39.6 Å². The van der Waals surface area contributed by atoms with E-state index >= 15 is 0 Å². The highest BCUT2D eigenvalue weighted by atomic mass is 32.2. The van der Waals surface area contributed by atoms with Gasteiger partial charge in [-0.25, -0.2) is 13.1 Å². The van der Waals surface area contributed by atoms with E-state index in [-0.39, 0.29) is 21.4 Å². The van der Waals surface area contributed by atoms with Crippen molar-refractivity contribution in [1.82, 2.24) is 9.62 Å². The Kier molecular flexibility index (Phi) is 8.58. The van der Waals surface area contributed by atoms with Crippen LogP contribution in [0.15, 0.2) is 113 Å². The summed E-state index contributed by atoms with van der Waals surface area (Å²) in [5.74, 6) is -1.17. The molecule has 0 saturated carbocycles. The number of aromatic hydroxyl groups is 1. The Labute approximate surface area is 253 Å². The summed E-state index contributed by atoms with van der Waals surface area (Å²) >= 11 is 6.60. The zero-order valence-corrected chi connectivity index (χ0v) is 24.9. The second-order valence-corrected chi connectivity index (χ2v) is 13.1. The summed E-state index contributed by atoms with van der Waals surface area (Å²) < 4.78 is 28.4. The maximum atomic E-state index is 13.6. The molecule has 5 rings (SSSR count). The molecular formula is C32H26N2O5S3. The van der Waals surface area contributed by atoms with Crippen LogP contribution in [0, 0.1) is 6.92 Å². The Bertz CT molecular complexity index is 1790. The minimum absolute atomic E-state index is 0.0561. The van der Waals surface area contributed by atoms with Crippen LogP contribution in [-0.4, -0.2) is 40.6 Å². The van der Waals surface area contributed by atoms with Crippen LogP contribution in [0.3, 0.4) is 0 Å². The van der Waals surface area contributed by atoms with Gasteiger partial charge < -0.3 is 5.11 Å². The first-order valence-corrected chi connectivity index (χ1v) is 15.7. The largest absolute Gasteiger partial charge is 0.508 e. The average molecular weight is 615 g/mol. The second-order valence-electron chi connectivity index (χ2n) is 9.71. The van der Waals surface area contributed by atoms with Gasteiger partial charge in [-0.15, -0.1) is 0 Å². The van der Waals surface area contributed by atoms with Gasteiger partial charge in [0.1, 0.15) is 16.1 Å². The van der Waals surface area contributed by atoms with Crippen LogP contribution in [-0.2, 0) is 26.0 Å². The normalized spacial score (nSPS) is 15.2. The van der Waals surface area contributed by atoms with E-state index in [4.69, 9.17) is 12.2 Å². The van der Waals surface area contributed by atoms with Crippen LogP contribution in [0.2, 0.25) is 0 Å². The lowest BCUT2D eigenvalue weighted by atomic mass is 10.0. The monoisotopic (exact) mass is 614 g/mol. The van der Waals surface area contributed by atoms with Gasteiger partial charge in [0.2, 0.25) is 0 Å². The van der Waals surface area contributed by atoms with Crippen LogP contribution >= 0.6 is 24.0 Å². The first-order valence-electron chi connectivity index (χ1n) is 12.9. The van der Waals surface area contributed by atoms with Gasteiger partial charge in [-0.05, 0) is 59.5 Å². The number of thioether (sulfide) groups is 1. The standard InChI is InChI=1S/C32H26N2O5S3/c1-21-10-16-27(17-11-21)42(38,39)33-30(36)28(18-22-6-3-2-4-7-22)34-31(37)29(41-32(34)40)19-23-12-14-24(15-13-23)25-8-5-9-26(35)20-25/h2-17,19-20,28,35H,18H2,1H3,(H,33,36)/b29-19-/t28-/m0/s1. The van der Waals surface area contributed by atoms with Crippen molar-refractivity contribution in [2.45, 2.75) is 24.3 Å². The van der Waals surface area contributed by atoms with Gasteiger partial charge in [0.25, 0.3) is 21.8 Å². The van der Waals surface area contributed by atoms with Crippen molar-refractivity contribution in [2.24, 2.45) is 0 Å². The number of thiocarbonyl (C=S) groups is 1. The van der Waals surface area contributed by atoms with Gasteiger partial charge >= 0.3 is 0 Å². The first-order chi connectivity index (χ1) is 20.1. The van der Waals surface area contributed by atoms with Crippen molar-refractivity contribution in [3.05, 3.63) is 125 Å². The van der Waals surface area contributed by atoms with E-state index in [1.54, 1.807) is 60.7 Å². The summed E-state index contributed by atoms with van der Waals surface area (Å²) in [6.45, 7) is 1.83. The highest BCUT2D eigenvalue weighted by molar-refractivity contribution is 8.26. The molecule has 7 nitrogen and oxygen atoms in total. The Morgan fingerprint density at radius 3 is 2.31 bits per heavy atom. The van der Waals surface area contributed by atoms with Crippen molar-refractivity contribution in [2.75, 3.05) is 0 Å². The Balaban J connectivity index is 1.41. The molecule has 4 aromatic rings. The molecule has 1 saturated heterocycles. The third-order valence-corrected chi connectivity index (χ3v) is 9.36. The summed E-state index contributed by atoms with van der Waals surface area (Å²) in [7, 11) is -4.19. The number of phenols is 1. The molecule has 1 fully saturated rings. The number of carbonyl (C=O) groups excluding carboxylic acids is 2.